The highest BCUT2D eigenvalue weighted by atomic mass is 79.9. The van der Waals surface area contributed by atoms with Crippen LogP contribution in [0.4, 0.5) is 0 Å². The van der Waals surface area contributed by atoms with Crippen molar-refractivity contribution in [2.75, 3.05) is 39.8 Å². The van der Waals surface area contributed by atoms with E-state index in [1.807, 2.05) is 31.3 Å². The standard InChI is InChI=1S/C15H20BrN3O2/c1-18-6-8-19(9-7-18)15(21)11-17-14(20)10-12-2-4-13(16)5-3-12/h2-5H,6-11H2,1H3,(H,17,20). The largest absolute Gasteiger partial charge is 0.347 e. The van der Waals surface area contributed by atoms with Gasteiger partial charge in [-0.15, -0.1) is 0 Å². The Balaban J connectivity index is 1.73. The Morgan fingerprint density at radius 2 is 1.76 bits per heavy atom. The average molecular weight is 354 g/mol. The third kappa shape index (κ3) is 5.13. The second-order valence-corrected chi connectivity index (χ2v) is 6.18. The van der Waals surface area contributed by atoms with E-state index in [-0.39, 0.29) is 18.4 Å². The Hall–Kier alpha value is -1.40. The molecule has 0 aliphatic carbocycles. The number of halogens is 1. The first kappa shape index (κ1) is 16.0. The molecule has 1 heterocycles. The average Bonchev–Trinajstić information content (AvgIpc) is 2.48. The molecule has 6 heteroatoms. The summed E-state index contributed by atoms with van der Waals surface area (Å²) in [7, 11) is 2.04. The fraction of sp³-hybridized carbons (Fsp3) is 0.467. The highest BCUT2D eigenvalue weighted by Gasteiger charge is 2.19. The lowest BCUT2D eigenvalue weighted by Crippen LogP contribution is -2.50. The van der Waals surface area contributed by atoms with Crippen LogP contribution in [0.5, 0.6) is 0 Å². The maximum absolute atomic E-state index is 12.0. The maximum atomic E-state index is 12.0. The number of carbonyl (C=O) groups excluding carboxylic acids is 2. The van der Waals surface area contributed by atoms with Crippen LogP contribution in [0.3, 0.4) is 0 Å². The van der Waals surface area contributed by atoms with Crippen LogP contribution in [-0.2, 0) is 16.0 Å². The SMILES string of the molecule is CN1CCN(C(=O)CNC(=O)Cc2ccc(Br)cc2)CC1. The number of carbonyl (C=O) groups is 2. The van der Waals surface area contributed by atoms with Gasteiger partial charge in [0.05, 0.1) is 13.0 Å². The quantitative estimate of drug-likeness (QED) is 0.874. The summed E-state index contributed by atoms with van der Waals surface area (Å²) in [6.07, 6.45) is 0.295. The van der Waals surface area contributed by atoms with Gasteiger partial charge in [-0.3, -0.25) is 9.59 Å². The number of nitrogens with one attached hydrogen (secondary N) is 1. The van der Waals surface area contributed by atoms with Crippen LogP contribution >= 0.6 is 15.9 Å². The minimum absolute atomic E-state index is 0.00717. The van der Waals surface area contributed by atoms with Gasteiger partial charge in [0.1, 0.15) is 0 Å². The van der Waals surface area contributed by atoms with Gasteiger partial charge in [0, 0.05) is 30.7 Å². The molecule has 0 radical (unpaired) electrons. The minimum atomic E-state index is -0.125. The fourth-order valence-corrected chi connectivity index (χ4v) is 2.46. The molecule has 21 heavy (non-hydrogen) atoms. The summed E-state index contributed by atoms with van der Waals surface area (Å²) in [5, 5.41) is 2.70. The van der Waals surface area contributed by atoms with Crippen molar-refractivity contribution in [1.82, 2.24) is 15.1 Å². The number of rotatable bonds is 4. The normalized spacial score (nSPS) is 15.8. The zero-order valence-electron chi connectivity index (χ0n) is 12.1. The number of hydrogen-bond acceptors (Lipinski definition) is 3. The van der Waals surface area contributed by atoms with Crippen LogP contribution in [-0.4, -0.2) is 61.4 Å². The van der Waals surface area contributed by atoms with Crippen molar-refractivity contribution in [3.05, 3.63) is 34.3 Å². The molecule has 1 saturated heterocycles. The molecule has 1 N–H and O–H groups in total. The molecule has 5 nitrogen and oxygen atoms in total. The predicted octanol–water partition coefficient (Wildman–Crippen LogP) is 0.882. The maximum Gasteiger partial charge on any atom is 0.242 e. The summed E-state index contributed by atoms with van der Waals surface area (Å²) in [6, 6.07) is 7.59. The first-order chi connectivity index (χ1) is 10.0. The van der Waals surface area contributed by atoms with E-state index in [1.54, 1.807) is 4.90 Å². The van der Waals surface area contributed by atoms with Crippen molar-refractivity contribution in [3.8, 4) is 0 Å². The molecule has 0 atom stereocenters. The molecule has 1 aliphatic heterocycles. The van der Waals surface area contributed by atoms with Gasteiger partial charge in [0.2, 0.25) is 11.8 Å². The number of amides is 2. The molecule has 1 fully saturated rings. The van der Waals surface area contributed by atoms with E-state index >= 15 is 0 Å². The molecule has 2 amide bonds. The van der Waals surface area contributed by atoms with E-state index in [0.29, 0.717) is 6.42 Å². The first-order valence-electron chi connectivity index (χ1n) is 7.02. The lowest BCUT2D eigenvalue weighted by molar-refractivity contribution is -0.134. The van der Waals surface area contributed by atoms with Gasteiger partial charge >= 0.3 is 0 Å². The monoisotopic (exact) mass is 353 g/mol. The van der Waals surface area contributed by atoms with Gasteiger partial charge in [0.25, 0.3) is 0 Å². The van der Waals surface area contributed by atoms with Crippen molar-refractivity contribution in [2.24, 2.45) is 0 Å². The molecule has 114 valence electrons. The lowest BCUT2D eigenvalue weighted by Gasteiger charge is -2.32. The highest BCUT2D eigenvalue weighted by Crippen LogP contribution is 2.10. The third-order valence-electron chi connectivity index (χ3n) is 3.57. The first-order valence-corrected chi connectivity index (χ1v) is 7.81. The summed E-state index contributed by atoms with van der Waals surface area (Å²) in [5.41, 5.74) is 0.933. The van der Waals surface area contributed by atoms with Crippen LogP contribution in [0.1, 0.15) is 5.56 Å². The summed E-state index contributed by atoms with van der Waals surface area (Å²) >= 11 is 3.36. The third-order valence-corrected chi connectivity index (χ3v) is 4.10. The van der Waals surface area contributed by atoms with Gasteiger partial charge in [-0.1, -0.05) is 28.1 Å². The Kier molecular flexibility index (Phi) is 5.76. The molecular formula is C15H20BrN3O2. The van der Waals surface area contributed by atoms with Crippen LogP contribution in [0, 0.1) is 0 Å². The molecule has 0 spiro atoms. The summed E-state index contributed by atoms with van der Waals surface area (Å²) in [5.74, 6) is -0.132. The highest BCUT2D eigenvalue weighted by molar-refractivity contribution is 9.10. The number of piperazine rings is 1. The second-order valence-electron chi connectivity index (χ2n) is 5.26. The van der Waals surface area contributed by atoms with E-state index in [4.69, 9.17) is 0 Å². The molecule has 0 bridgehead atoms. The van der Waals surface area contributed by atoms with Gasteiger partial charge in [-0.05, 0) is 24.7 Å². The minimum Gasteiger partial charge on any atom is -0.347 e. The lowest BCUT2D eigenvalue weighted by atomic mass is 10.1. The summed E-state index contributed by atoms with van der Waals surface area (Å²) < 4.78 is 0.983. The van der Waals surface area contributed by atoms with Crippen LogP contribution in [0.2, 0.25) is 0 Å². The smallest absolute Gasteiger partial charge is 0.242 e. The Morgan fingerprint density at radius 3 is 2.38 bits per heavy atom. The van der Waals surface area contributed by atoms with Crippen molar-refractivity contribution < 1.29 is 9.59 Å². The van der Waals surface area contributed by atoms with Gasteiger partial charge in [-0.25, -0.2) is 0 Å². The van der Waals surface area contributed by atoms with Crippen molar-refractivity contribution >= 4 is 27.7 Å². The van der Waals surface area contributed by atoms with E-state index in [0.717, 1.165) is 36.2 Å². The summed E-state index contributed by atoms with van der Waals surface area (Å²) in [6.45, 7) is 3.33. The molecule has 2 rings (SSSR count). The molecule has 1 aromatic rings. The molecule has 0 unspecified atom stereocenters. The molecular weight excluding hydrogens is 334 g/mol. The van der Waals surface area contributed by atoms with Crippen molar-refractivity contribution in [3.63, 3.8) is 0 Å². The second kappa shape index (κ2) is 7.56. The number of hydrogen-bond donors (Lipinski definition) is 1. The molecule has 1 aromatic carbocycles. The van der Waals surface area contributed by atoms with Crippen molar-refractivity contribution in [2.45, 2.75) is 6.42 Å². The van der Waals surface area contributed by atoms with Gasteiger partial charge in [-0.2, -0.15) is 0 Å². The van der Waals surface area contributed by atoms with E-state index in [1.165, 1.54) is 0 Å². The van der Waals surface area contributed by atoms with Crippen molar-refractivity contribution in [1.29, 1.82) is 0 Å². The topological polar surface area (TPSA) is 52.6 Å². The fourth-order valence-electron chi connectivity index (χ4n) is 2.19. The van der Waals surface area contributed by atoms with E-state index < -0.39 is 0 Å². The van der Waals surface area contributed by atoms with Gasteiger partial charge < -0.3 is 15.1 Å². The Labute approximate surface area is 133 Å². The van der Waals surface area contributed by atoms with Crippen LogP contribution in [0.15, 0.2) is 28.7 Å². The zero-order chi connectivity index (χ0) is 15.2. The van der Waals surface area contributed by atoms with Crippen LogP contribution < -0.4 is 5.32 Å². The Bertz CT molecular complexity index is 496. The molecule has 0 aromatic heterocycles. The number of nitrogens with zero attached hydrogens (tertiary/aromatic N) is 2. The number of benzene rings is 1. The Morgan fingerprint density at radius 1 is 1.14 bits per heavy atom. The summed E-state index contributed by atoms with van der Waals surface area (Å²) in [4.78, 5) is 27.8. The zero-order valence-corrected chi connectivity index (χ0v) is 13.7. The number of likely N-dealkylation sites (N-methyl/N-ethyl adjacent to an activating group) is 1. The van der Waals surface area contributed by atoms with E-state index in [9.17, 15) is 9.59 Å². The van der Waals surface area contributed by atoms with E-state index in [2.05, 4.69) is 26.1 Å². The predicted molar refractivity (Wildman–Crippen MR) is 84.9 cm³/mol. The van der Waals surface area contributed by atoms with Crippen LogP contribution in [0.25, 0.3) is 0 Å². The molecule has 0 saturated carbocycles. The molecule has 1 aliphatic rings. The van der Waals surface area contributed by atoms with Gasteiger partial charge in [0.15, 0.2) is 0 Å².